The molecule has 12 aromatic rings. The Labute approximate surface area is 379 Å². The van der Waals surface area contributed by atoms with E-state index in [1.54, 1.807) is 0 Å². The third-order valence-electron chi connectivity index (χ3n) is 12.4. The Morgan fingerprint density at radius 2 is 0.833 bits per heavy atom. The first-order valence-electron chi connectivity index (χ1n) is 21.6. The first-order chi connectivity index (χ1) is 32.6. The van der Waals surface area contributed by atoms with Crippen molar-refractivity contribution >= 4 is 43.7 Å². The van der Waals surface area contributed by atoms with Crippen LogP contribution in [0.4, 0.5) is 0 Å². The smallest absolute Gasteiger partial charge is 0.166 e. The molecule has 0 amide bonds. The lowest BCUT2D eigenvalue weighted by atomic mass is 9.98. The minimum atomic E-state index is 0.501. The minimum absolute atomic E-state index is 0.501. The van der Waals surface area contributed by atoms with Gasteiger partial charge in [-0.1, -0.05) is 152 Å². The zero-order chi connectivity index (χ0) is 44.1. The number of hydrogen-bond acceptors (Lipinski definition) is 6. The molecular formula is C59H34N6O. The predicted molar refractivity (Wildman–Crippen MR) is 263 cm³/mol. The molecule has 0 spiro atoms. The second kappa shape index (κ2) is 15.7. The Morgan fingerprint density at radius 3 is 1.44 bits per heavy atom. The van der Waals surface area contributed by atoms with E-state index < -0.39 is 0 Å². The molecule has 7 heteroatoms. The zero-order valence-corrected chi connectivity index (χ0v) is 35.2. The van der Waals surface area contributed by atoms with Crippen LogP contribution in [-0.2, 0) is 0 Å². The fourth-order valence-corrected chi connectivity index (χ4v) is 9.20. The van der Waals surface area contributed by atoms with Crippen molar-refractivity contribution in [1.82, 2.24) is 19.5 Å². The van der Waals surface area contributed by atoms with Crippen LogP contribution < -0.4 is 0 Å². The number of fused-ring (bicyclic) bond motifs is 6. The largest absolute Gasteiger partial charge is 0.456 e. The maximum absolute atomic E-state index is 10.2. The molecule has 0 unspecified atom stereocenters. The third-order valence-corrected chi connectivity index (χ3v) is 12.4. The Morgan fingerprint density at radius 1 is 0.348 bits per heavy atom. The van der Waals surface area contributed by atoms with Crippen molar-refractivity contribution in [2.45, 2.75) is 0 Å². The first kappa shape index (κ1) is 38.3. The summed E-state index contributed by atoms with van der Waals surface area (Å²) in [6.07, 6.45) is 0. The van der Waals surface area contributed by atoms with Gasteiger partial charge in [0.25, 0.3) is 0 Å². The van der Waals surface area contributed by atoms with Gasteiger partial charge < -0.3 is 8.98 Å². The van der Waals surface area contributed by atoms with Gasteiger partial charge in [0, 0.05) is 38.2 Å². The number of nitriles is 2. The second-order valence-corrected chi connectivity index (χ2v) is 16.2. The van der Waals surface area contributed by atoms with E-state index in [-0.39, 0.29) is 0 Å². The summed E-state index contributed by atoms with van der Waals surface area (Å²) in [5.41, 5.74) is 13.6. The van der Waals surface area contributed by atoms with Gasteiger partial charge in [-0.2, -0.15) is 10.5 Å². The monoisotopic (exact) mass is 842 g/mol. The third kappa shape index (κ3) is 6.47. The first-order valence-corrected chi connectivity index (χ1v) is 21.6. The molecule has 3 heterocycles. The van der Waals surface area contributed by atoms with Gasteiger partial charge in [-0.25, -0.2) is 15.0 Å². The van der Waals surface area contributed by atoms with Crippen LogP contribution in [0.25, 0.3) is 117 Å². The van der Waals surface area contributed by atoms with Crippen LogP contribution >= 0.6 is 0 Å². The molecule has 0 fully saturated rings. The van der Waals surface area contributed by atoms with E-state index in [0.717, 1.165) is 99.5 Å². The summed E-state index contributed by atoms with van der Waals surface area (Å²) in [5, 5.41) is 24.6. The number of aromatic nitrogens is 4. The molecule has 0 N–H and O–H groups in total. The van der Waals surface area contributed by atoms with Crippen molar-refractivity contribution in [2.24, 2.45) is 0 Å². The molecule has 3 aromatic heterocycles. The highest BCUT2D eigenvalue weighted by molar-refractivity contribution is 6.12. The summed E-state index contributed by atoms with van der Waals surface area (Å²) >= 11 is 0. The second-order valence-electron chi connectivity index (χ2n) is 16.2. The molecule has 0 saturated heterocycles. The minimum Gasteiger partial charge on any atom is -0.456 e. The molecule has 306 valence electrons. The number of benzene rings is 9. The van der Waals surface area contributed by atoms with Gasteiger partial charge in [0.2, 0.25) is 0 Å². The maximum Gasteiger partial charge on any atom is 0.166 e. The average Bonchev–Trinajstić information content (AvgIpc) is 3.93. The lowest BCUT2D eigenvalue weighted by Crippen LogP contribution is -2.04. The standard InChI is InChI=1S/C59H34N6O/c60-35-43-17-7-9-19-45(43)41-23-27-47-48-28-24-42(46-20-10-8-18-44(46)36-61)34-54(48)65(53(47)33-41)52-29-25-39(40-26-30-56-50(31-40)49-21-11-12-22-55(49)66-56)32-51(52)59-63-57(37-13-3-1-4-14-37)62-58(64-59)38-15-5-2-6-16-38/h1-34H. The van der Waals surface area contributed by atoms with E-state index in [1.807, 2.05) is 133 Å². The predicted octanol–water partition coefficient (Wildman–Crippen LogP) is 14.6. The van der Waals surface area contributed by atoms with Crippen LogP contribution in [0.1, 0.15) is 11.1 Å². The van der Waals surface area contributed by atoms with Crippen molar-refractivity contribution in [3.8, 4) is 85.4 Å². The van der Waals surface area contributed by atoms with E-state index in [4.69, 9.17) is 19.4 Å². The summed E-state index contributed by atoms with van der Waals surface area (Å²) in [4.78, 5) is 15.7. The van der Waals surface area contributed by atoms with E-state index in [2.05, 4.69) is 89.5 Å². The average molecular weight is 843 g/mol. The van der Waals surface area contributed by atoms with Crippen molar-refractivity contribution in [3.05, 3.63) is 217 Å². The van der Waals surface area contributed by atoms with Gasteiger partial charge in [0.05, 0.1) is 40.0 Å². The molecule has 12 rings (SSSR count). The van der Waals surface area contributed by atoms with E-state index in [9.17, 15) is 10.5 Å². The van der Waals surface area contributed by atoms with Crippen molar-refractivity contribution in [1.29, 1.82) is 10.5 Å². The van der Waals surface area contributed by atoms with Crippen LogP contribution in [0.5, 0.6) is 0 Å². The fourth-order valence-electron chi connectivity index (χ4n) is 9.20. The maximum atomic E-state index is 10.2. The molecule has 0 atom stereocenters. The van der Waals surface area contributed by atoms with Gasteiger partial charge in [-0.3, -0.25) is 0 Å². The summed E-state index contributed by atoms with van der Waals surface area (Å²) in [7, 11) is 0. The molecule has 0 aliphatic rings. The Balaban J connectivity index is 1.18. The SMILES string of the molecule is N#Cc1ccccc1-c1ccc2c3ccc(-c4ccccc4C#N)cc3n(-c3ccc(-c4ccc5oc6ccccc6c5c4)cc3-c3nc(-c4ccccc4)nc(-c4ccccc4)n3)c2c1. The van der Waals surface area contributed by atoms with Crippen LogP contribution in [0, 0.1) is 22.7 Å². The number of nitrogens with zero attached hydrogens (tertiary/aromatic N) is 6. The quantitative estimate of drug-likeness (QED) is 0.158. The van der Waals surface area contributed by atoms with Crippen LogP contribution in [0.3, 0.4) is 0 Å². The van der Waals surface area contributed by atoms with Gasteiger partial charge >= 0.3 is 0 Å². The molecule has 0 aliphatic carbocycles. The highest BCUT2D eigenvalue weighted by atomic mass is 16.3. The van der Waals surface area contributed by atoms with Gasteiger partial charge in [-0.05, 0) is 88.0 Å². The highest BCUT2D eigenvalue weighted by Crippen LogP contribution is 2.42. The molecule has 7 nitrogen and oxygen atoms in total. The Hall–Kier alpha value is -9.43. The normalized spacial score (nSPS) is 11.3. The molecule has 66 heavy (non-hydrogen) atoms. The summed E-state index contributed by atoms with van der Waals surface area (Å²) in [6, 6.07) is 73.9. The van der Waals surface area contributed by atoms with E-state index in [1.165, 1.54) is 0 Å². The molecular weight excluding hydrogens is 809 g/mol. The van der Waals surface area contributed by atoms with E-state index in [0.29, 0.717) is 28.6 Å². The lowest BCUT2D eigenvalue weighted by molar-refractivity contribution is 0.669. The van der Waals surface area contributed by atoms with Gasteiger partial charge in [0.1, 0.15) is 11.2 Å². The van der Waals surface area contributed by atoms with E-state index >= 15 is 0 Å². The fraction of sp³-hybridized carbons (Fsp3) is 0. The Bertz CT molecular complexity index is 3790. The summed E-state index contributed by atoms with van der Waals surface area (Å²) < 4.78 is 8.52. The topological polar surface area (TPSA) is 104 Å². The molecule has 0 bridgehead atoms. The zero-order valence-electron chi connectivity index (χ0n) is 35.2. The van der Waals surface area contributed by atoms with Gasteiger partial charge in [0.15, 0.2) is 17.5 Å². The van der Waals surface area contributed by atoms with Gasteiger partial charge in [-0.15, -0.1) is 0 Å². The van der Waals surface area contributed by atoms with Crippen molar-refractivity contribution in [2.75, 3.05) is 0 Å². The molecule has 9 aromatic carbocycles. The number of rotatable bonds is 7. The summed E-state index contributed by atoms with van der Waals surface area (Å²) in [6.45, 7) is 0. The number of hydrogen-bond donors (Lipinski definition) is 0. The number of furan rings is 1. The lowest BCUT2D eigenvalue weighted by Gasteiger charge is -2.17. The Kier molecular flexibility index (Phi) is 9.12. The van der Waals surface area contributed by atoms with Crippen LogP contribution in [-0.4, -0.2) is 19.5 Å². The highest BCUT2D eigenvalue weighted by Gasteiger charge is 2.22. The molecule has 0 aliphatic heterocycles. The van der Waals surface area contributed by atoms with Crippen molar-refractivity contribution < 1.29 is 4.42 Å². The summed E-state index contributed by atoms with van der Waals surface area (Å²) in [5.74, 6) is 1.60. The van der Waals surface area contributed by atoms with Crippen LogP contribution in [0.2, 0.25) is 0 Å². The van der Waals surface area contributed by atoms with Crippen LogP contribution in [0.15, 0.2) is 211 Å². The molecule has 0 radical (unpaired) electrons. The van der Waals surface area contributed by atoms with Crippen molar-refractivity contribution in [3.63, 3.8) is 0 Å². The molecule has 0 saturated carbocycles. The number of para-hydroxylation sites is 1.